The molecule has 0 saturated heterocycles. The first-order valence-electron chi connectivity index (χ1n) is 13.4. The fourth-order valence-electron chi connectivity index (χ4n) is 5.49. The highest BCUT2D eigenvalue weighted by atomic mass is 16.5. The van der Waals surface area contributed by atoms with E-state index in [4.69, 9.17) is 4.74 Å². The van der Waals surface area contributed by atoms with Crippen LogP contribution in [0.1, 0.15) is 109 Å². The smallest absolute Gasteiger partial charge is 0.127 e. The minimum Gasteiger partial charge on any atom is -0.493 e. The van der Waals surface area contributed by atoms with Crippen molar-refractivity contribution in [1.82, 2.24) is 4.98 Å². The second kappa shape index (κ2) is 13.7. The zero-order chi connectivity index (χ0) is 22.6. The van der Waals surface area contributed by atoms with E-state index in [1.54, 1.807) is 0 Å². The maximum Gasteiger partial charge on any atom is 0.127 e. The van der Waals surface area contributed by atoms with Gasteiger partial charge in [0.15, 0.2) is 0 Å². The number of para-hydroxylation sites is 1. The standard InChI is InChI=1S/C30H45NO/c1-4-6-7-8-9-10-13-25-16-18-26(19-17-25)24(3)29-23-31-21-20-27(29)28-14-11-12-15-30(28)32-22-5-2/h11-12,14-15,20-21,23-26H,4-10,13,16-19,22H2,1-3H3. The predicted molar refractivity (Wildman–Crippen MR) is 137 cm³/mol. The first kappa shape index (κ1) is 24.8. The summed E-state index contributed by atoms with van der Waals surface area (Å²) < 4.78 is 6.08. The van der Waals surface area contributed by atoms with Gasteiger partial charge in [-0.2, -0.15) is 0 Å². The molecule has 1 aliphatic carbocycles. The molecule has 0 N–H and O–H groups in total. The quantitative estimate of drug-likeness (QED) is 0.292. The molecule has 1 aromatic carbocycles. The third-order valence-electron chi connectivity index (χ3n) is 7.55. The number of benzene rings is 1. The van der Waals surface area contributed by atoms with Crippen LogP contribution in [-0.4, -0.2) is 11.6 Å². The van der Waals surface area contributed by atoms with Gasteiger partial charge in [-0.05, 0) is 60.3 Å². The zero-order valence-corrected chi connectivity index (χ0v) is 20.8. The number of aromatic nitrogens is 1. The van der Waals surface area contributed by atoms with Crippen molar-refractivity contribution >= 4 is 0 Å². The Balaban J connectivity index is 1.59. The molecule has 0 radical (unpaired) electrons. The number of nitrogens with zero attached hydrogens (tertiary/aromatic N) is 1. The molecule has 0 aliphatic heterocycles. The normalized spacial score (nSPS) is 19.6. The van der Waals surface area contributed by atoms with Crippen molar-refractivity contribution in [3.05, 3.63) is 48.3 Å². The maximum atomic E-state index is 6.08. The lowest BCUT2D eigenvalue weighted by atomic mass is 9.72. The third-order valence-corrected chi connectivity index (χ3v) is 7.55. The largest absolute Gasteiger partial charge is 0.493 e. The van der Waals surface area contributed by atoms with Crippen molar-refractivity contribution < 1.29 is 4.74 Å². The summed E-state index contributed by atoms with van der Waals surface area (Å²) in [5, 5.41) is 0. The highest BCUT2D eigenvalue weighted by molar-refractivity contribution is 5.73. The number of hydrogen-bond acceptors (Lipinski definition) is 2. The van der Waals surface area contributed by atoms with Gasteiger partial charge in [0, 0.05) is 18.0 Å². The molecule has 32 heavy (non-hydrogen) atoms. The van der Waals surface area contributed by atoms with E-state index in [1.165, 1.54) is 87.3 Å². The molecule has 2 nitrogen and oxygen atoms in total. The Bertz CT molecular complexity index is 778. The van der Waals surface area contributed by atoms with Gasteiger partial charge in [-0.15, -0.1) is 0 Å². The number of hydrogen-bond donors (Lipinski definition) is 0. The highest BCUT2D eigenvalue weighted by Gasteiger charge is 2.27. The van der Waals surface area contributed by atoms with Crippen LogP contribution in [0.2, 0.25) is 0 Å². The molecule has 0 bridgehead atoms. The van der Waals surface area contributed by atoms with E-state index in [9.17, 15) is 0 Å². The van der Waals surface area contributed by atoms with Gasteiger partial charge in [-0.25, -0.2) is 0 Å². The molecule has 1 aromatic heterocycles. The molecule has 1 aliphatic rings. The van der Waals surface area contributed by atoms with E-state index in [-0.39, 0.29) is 0 Å². The van der Waals surface area contributed by atoms with Gasteiger partial charge < -0.3 is 4.74 Å². The average Bonchev–Trinajstić information content (AvgIpc) is 2.85. The minimum atomic E-state index is 0.535. The Labute approximate surface area is 197 Å². The molecule has 3 rings (SSSR count). The number of pyridine rings is 1. The second-order valence-electron chi connectivity index (χ2n) is 9.93. The first-order valence-corrected chi connectivity index (χ1v) is 13.4. The fraction of sp³-hybridized carbons (Fsp3) is 0.633. The summed E-state index contributed by atoms with van der Waals surface area (Å²) in [6, 6.07) is 10.7. The Morgan fingerprint density at radius 2 is 1.62 bits per heavy atom. The lowest BCUT2D eigenvalue weighted by Crippen LogP contribution is -2.19. The van der Waals surface area contributed by atoms with Gasteiger partial charge in [0.05, 0.1) is 6.61 Å². The van der Waals surface area contributed by atoms with Crippen molar-refractivity contribution in [2.45, 2.75) is 104 Å². The predicted octanol–water partition coefficient (Wildman–Crippen LogP) is 9.20. The summed E-state index contributed by atoms with van der Waals surface area (Å²) in [5.74, 6) is 3.26. The molecule has 2 heteroatoms. The van der Waals surface area contributed by atoms with Gasteiger partial charge in [0.1, 0.15) is 5.75 Å². The van der Waals surface area contributed by atoms with Crippen LogP contribution >= 0.6 is 0 Å². The van der Waals surface area contributed by atoms with Crippen molar-refractivity contribution in [2.24, 2.45) is 11.8 Å². The summed E-state index contributed by atoms with van der Waals surface area (Å²) in [7, 11) is 0. The van der Waals surface area contributed by atoms with Crippen LogP contribution in [0.15, 0.2) is 42.7 Å². The summed E-state index contributed by atoms with van der Waals surface area (Å²) in [6.45, 7) is 7.64. The summed E-state index contributed by atoms with van der Waals surface area (Å²) >= 11 is 0. The molecule has 176 valence electrons. The van der Waals surface area contributed by atoms with Crippen LogP contribution in [-0.2, 0) is 0 Å². The molecular weight excluding hydrogens is 390 g/mol. The van der Waals surface area contributed by atoms with Gasteiger partial charge in [0.25, 0.3) is 0 Å². The van der Waals surface area contributed by atoms with Crippen LogP contribution in [0.3, 0.4) is 0 Å². The Hall–Kier alpha value is -1.83. The fourth-order valence-corrected chi connectivity index (χ4v) is 5.49. The van der Waals surface area contributed by atoms with Crippen molar-refractivity contribution in [3.8, 4) is 16.9 Å². The molecular formula is C30H45NO. The molecule has 0 amide bonds. The Kier molecular flexibility index (Phi) is 10.6. The Morgan fingerprint density at radius 3 is 2.41 bits per heavy atom. The van der Waals surface area contributed by atoms with E-state index >= 15 is 0 Å². The SMILES string of the molecule is CCCCCCCCC1CCC(C(C)c2cnccc2-c2ccccc2OCCC)CC1. The van der Waals surface area contributed by atoms with E-state index in [0.717, 1.165) is 30.6 Å². The molecule has 1 unspecified atom stereocenters. The highest BCUT2D eigenvalue weighted by Crippen LogP contribution is 2.43. The number of rotatable bonds is 13. The van der Waals surface area contributed by atoms with Gasteiger partial charge >= 0.3 is 0 Å². The molecule has 1 saturated carbocycles. The lowest BCUT2D eigenvalue weighted by molar-refractivity contribution is 0.236. The first-order chi connectivity index (χ1) is 15.7. The van der Waals surface area contributed by atoms with E-state index in [1.807, 2.05) is 6.20 Å². The van der Waals surface area contributed by atoms with Crippen LogP contribution < -0.4 is 4.74 Å². The topological polar surface area (TPSA) is 22.1 Å². The molecule has 0 spiro atoms. The zero-order valence-electron chi connectivity index (χ0n) is 20.8. The minimum absolute atomic E-state index is 0.535. The van der Waals surface area contributed by atoms with E-state index in [0.29, 0.717) is 5.92 Å². The molecule has 1 fully saturated rings. The summed E-state index contributed by atoms with van der Waals surface area (Å²) in [5.41, 5.74) is 3.90. The van der Waals surface area contributed by atoms with Crippen molar-refractivity contribution in [1.29, 1.82) is 0 Å². The van der Waals surface area contributed by atoms with Gasteiger partial charge in [-0.1, -0.05) is 96.8 Å². The van der Waals surface area contributed by atoms with Crippen molar-refractivity contribution in [3.63, 3.8) is 0 Å². The van der Waals surface area contributed by atoms with E-state index < -0.39 is 0 Å². The Morgan fingerprint density at radius 1 is 0.875 bits per heavy atom. The number of ether oxygens (including phenoxy) is 1. The average molecular weight is 436 g/mol. The summed E-state index contributed by atoms with van der Waals surface area (Å²) in [4.78, 5) is 4.52. The monoisotopic (exact) mass is 435 g/mol. The van der Waals surface area contributed by atoms with Crippen molar-refractivity contribution in [2.75, 3.05) is 6.61 Å². The summed E-state index contributed by atoms with van der Waals surface area (Å²) in [6.07, 6.45) is 20.6. The number of unbranched alkanes of at least 4 members (excludes halogenated alkanes) is 5. The van der Waals surface area contributed by atoms with Gasteiger partial charge in [0.2, 0.25) is 0 Å². The van der Waals surface area contributed by atoms with E-state index in [2.05, 4.69) is 62.3 Å². The van der Waals surface area contributed by atoms with Crippen LogP contribution in [0.25, 0.3) is 11.1 Å². The molecule has 2 aromatic rings. The lowest BCUT2D eigenvalue weighted by Gasteiger charge is -2.33. The van der Waals surface area contributed by atoms with Crippen LogP contribution in [0.5, 0.6) is 5.75 Å². The third kappa shape index (κ3) is 7.09. The van der Waals surface area contributed by atoms with Crippen LogP contribution in [0, 0.1) is 11.8 Å². The molecule has 1 heterocycles. The van der Waals surface area contributed by atoms with Crippen LogP contribution in [0.4, 0.5) is 0 Å². The van der Waals surface area contributed by atoms with Gasteiger partial charge in [-0.3, -0.25) is 4.98 Å². The molecule has 1 atom stereocenters. The second-order valence-corrected chi connectivity index (χ2v) is 9.93. The maximum absolute atomic E-state index is 6.08.